The van der Waals surface area contributed by atoms with Crippen molar-refractivity contribution in [2.24, 2.45) is 0 Å². The molecule has 0 aliphatic carbocycles. The topological polar surface area (TPSA) is 13.0 Å². The Morgan fingerprint density at radius 1 is 0.192 bits per heavy atom. The largest absolute Gasteiger partial charge is 0.310 e. The van der Waals surface area contributed by atoms with Crippen molar-refractivity contribution in [1.82, 2.24) is 0 Å². The summed E-state index contributed by atoms with van der Waals surface area (Å²) in [4.78, 5) is 9.80. The minimum Gasteiger partial charge on any atom is -0.310 e. The Labute approximate surface area is 460 Å². The third kappa shape index (κ3) is 9.41. The van der Waals surface area contributed by atoms with E-state index in [2.05, 4.69) is 340 Å². The van der Waals surface area contributed by atoms with Gasteiger partial charge in [-0.1, -0.05) is 199 Å². The first-order valence-electron chi connectivity index (χ1n) is 27.2. The van der Waals surface area contributed by atoms with E-state index in [1.54, 1.807) is 0 Å². The fraction of sp³-hybridized carbons (Fsp3) is 0.108. The van der Waals surface area contributed by atoms with Gasteiger partial charge in [0.05, 0.1) is 34.1 Å². The maximum Gasteiger partial charge on any atom is 0.0544 e. The van der Waals surface area contributed by atoms with Crippen LogP contribution in [0.15, 0.2) is 279 Å². The standard InChI is InChI=1S/C74H64N4/c1-73(2,3)53-49-65-63(43-27-47-69(65)75(55-29-13-7-14-30-55)56-31-15-8-16-32-56)71(51-53)77(59-37-21-11-22-38-59)67-45-25-42-62-61(67)41-26-46-68(62)78(60-39-23-12-24-40-60)72-52-54(74(4,5)6)50-66-64(72)44-28-48-70(66)76(57-33-17-9-18-34-57)58-35-19-10-20-36-58/h7-52H,1-6H3. The molecule has 12 rings (SSSR count). The van der Waals surface area contributed by atoms with E-state index >= 15 is 0 Å². The summed E-state index contributed by atoms with van der Waals surface area (Å²) in [6.07, 6.45) is 0. The van der Waals surface area contributed by atoms with E-state index in [9.17, 15) is 0 Å². The second kappa shape index (κ2) is 20.6. The molecule has 0 radical (unpaired) electrons. The second-order valence-corrected chi connectivity index (χ2v) is 22.2. The zero-order valence-electron chi connectivity index (χ0n) is 45.3. The summed E-state index contributed by atoms with van der Waals surface area (Å²) < 4.78 is 0. The molecule has 0 heterocycles. The van der Waals surface area contributed by atoms with E-state index in [1.165, 1.54) is 21.9 Å². The maximum atomic E-state index is 2.50. The average molecular weight is 1010 g/mol. The van der Waals surface area contributed by atoms with Gasteiger partial charge in [-0.05, 0) is 143 Å². The summed E-state index contributed by atoms with van der Waals surface area (Å²) in [5.41, 5.74) is 15.4. The number of anilines is 12. The smallest absolute Gasteiger partial charge is 0.0544 e. The minimum absolute atomic E-state index is 0.172. The quantitative estimate of drug-likeness (QED) is 0.121. The van der Waals surface area contributed by atoms with Crippen molar-refractivity contribution in [2.75, 3.05) is 19.6 Å². The maximum absolute atomic E-state index is 2.50. The van der Waals surface area contributed by atoms with Gasteiger partial charge in [0.1, 0.15) is 0 Å². The predicted octanol–water partition coefficient (Wildman–Crippen LogP) is 21.6. The highest BCUT2D eigenvalue weighted by Crippen LogP contribution is 2.51. The number of benzene rings is 12. The molecule has 0 aliphatic heterocycles. The molecular formula is C74H64N4. The van der Waals surface area contributed by atoms with Crippen molar-refractivity contribution in [3.63, 3.8) is 0 Å². The molecule has 0 amide bonds. The third-order valence-electron chi connectivity index (χ3n) is 15.0. The van der Waals surface area contributed by atoms with Crippen LogP contribution < -0.4 is 19.6 Å². The number of para-hydroxylation sites is 6. The van der Waals surface area contributed by atoms with Crippen molar-refractivity contribution >= 4 is 101 Å². The zero-order valence-corrected chi connectivity index (χ0v) is 45.3. The summed E-state index contributed by atoms with van der Waals surface area (Å²) in [5.74, 6) is 0. The van der Waals surface area contributed by atoms with Crippen molar-refractivity contribution in [3.05, 3.63) is 290 Å². The van der Waals surface area contributed by atoms with Crippen LogP contribution in [0.3, 0.4) is 0 Å². The van der Waals surface area contributed by atoms with Crippen molar-refractivity contribution in [1.29, 1.82) is 0 Å². The molecule has 12 aromatic carbocycles. The molecule has 0 bridgehead atoms. The van der Waals surface area contributed by atoms with Crippen molar-refractivity contribution in [2.45, 2.75) is 52.4 Å². The number of hydrogen-bond acceptors (Lipinski definition) is 4. The van der Waals surface area contributed by atoms with E-state index in [-0.39, 0.29) is 10.8 Å². The van der Waals surface area contributed by atoms with Gasteiger partial charge in [-0.3, -0.25) is 0 Å². The van der Waals surface area contributed by atoms with Gasteiger partial charge in [0, 0.05) is 66.4 Å². The number of nitrogens with zero attached hydrogens (tertiary/aromatic N) is 4. The van der Waals surface area contributed by atoms with Crippen LogP contribution in [0.5, 0.6) is 0 Å². The zero-order chi connectivity index (χ0) is 53.4. The lowest BCUT2D eigenvalue weighted by molar-refractivity contribution is 0.591. The van der Waals surface area contributed by atoms with Crippen molar-refractivity contribution < 1.29 is 0 Å². The number of hydrogen-bond donors (Lipinski definition) is 0. The van der Waals surface area contributed by atoms with Gasteiger partial charge < -0.3 is 19.6 Å². The summed E-state index contributed by atoms with van der Waals surface area (Å²) in [7, 11) is 0. The average Bonchev–Trinajstić information content (AvgIpc) is 3.52. The highest BCUT2D eigenvalue weighted by Gasteiger charge is 2.28. The van der Waals surface area contributed by atoms with Gasteiger partial charge in [-0.2, -0.15) is 0 Å². The molecule has 0 aromatic heterocycles. The molecule has 4 nitrogen and oxygen atoms in total. The highest BCUT2D eigenvalue weighted by atomic mass is 15.2. The van der Waals surface area contributed by atoms with Gasteiger partial charge in [0.2, 0.25) is 0 Å². The first-order chi connectivity index (χ1) is 38.0. The SMILES string of the molecule is CC(C)(C)c1cc(N(c2ccccc2)c2cccc3c(N(c4ccccc4)c4cc(C(C)(C)C)cc5c(N(c6ccccc6)c6ccccc6)cccc45)cccc23)c2cccc(N(c3ccccc3)c3ccccc3)c2c1. The van der Waals surface area contributed by atoms with Crippen LogP contribution in [0.1, 0.15) is 52.7 Å². The molecule has 78 heavy (non-hydrogen) atoms. The molecule has 0 spiro atoms. The fourth-order valence-corrected chi connectivity index (χ4v) is 11.1. The molecule has 380 valence electrons. The molecule has 12 aromatic rings. The molecule has 0 fully saturated rings. The molecule has 0 saturated carbocycles. The monoisotopic (exact) mass is 1010 g/mol. The first kappa shape index (κ1) is 49.5. The van der Waals surface area contributed by atoms with Crippen LogP contribution in [0, 0.1) is 0 Å². The van der Waals surface area contributed by atoms with Gasteiger partial charge in [0.15, 0.2) is 0 Å². The van der Waals surface area contributed by atoms with E-state index < -0.39 is 0 Å². The summed E-state index contributed by atoms with van der Waals surface area (Å²) in [6, 6.07) is 102. The first-order valence-corrected chi connectivity index (χ1v) is 27.2. The van der Waals surface area contributed by atoms with Crippen LogP contribution in [0.2, 0.25) is 0 Å². The predicted molar refractivity (Wildman–Crippen MR) is 335 cm³/mol. The number of rotatable bonds is 12. The summed E-state index contributed by atoms with van der Waals surface area (Å²) in [6.45, 7) is 13.9. The van der Waals surface area contributed by atoms with Crippen molar-refractivity contribution in [3.8, 4) is 0 Å². The molecule has 4 heteroatoms. The minimum atomic E-state index is -0.172. The fourth-order valence-electron chi connectivity index (χ4n) is 11.1. The third-order valence-corrected chi connectivity index (χ3v) is 15.0. The van der Waals surface area contributed by atoms with Crippen LogP contribution in [-0.4, -0.2) is 0 Å². The lowest BCUT2D eigenvalue weighted by Crippen LogP contribution is -2.17. The Kier molecular flexibility index (Phi) is 13.1. The van der Waals surface area contributed by atoms with Gasteiger partial charge in [0.25, 0.3) is 0 Å². The Morgan fingerprint density at radius 2 is 0.410 bits per heavy atom. The van der Waals surface area contributed by atoms with Gasteiger partial charge in [-0.25, -0.2) is 0 Å². The molecule has 0 atom stereocenters. The van der Waals surface area contributed by atoms with Gasteiger partial charge >= 0.3 is 0 Å². The second-order valence-electron chi connectivity index (χ2n) is 22.2. The Balaban J connectivity index is 1.12. The molecule has 0 N–H and O–H groups in total. The van der Waals surface area contributed by atoms with Crippen LogP contribution in [0.25, 0.3) is 32.3 Å². The van der Waals surface area contributed by atoms with Crippen LogP contribution in [-0.2, 0) is 10.8 Å². The van der Waals surface area contributed by atoms with E-state index in [1.807, 2.05) is 0 Å². The Morgan fingerprint density at radius 3 is 0.654 bits per heavy atom. The summed E-state index contributed by atoms with van der Waals surface area (Å²) in [5, 5.41) is 6.93. The van der Waals surface area contributed by atoms with Gasteiger partial charge in [-0.15, -0.1) is 0 Å². The molecule has 0 unspecified atom stereocenters. The highest BCUT2D eigenvalue weighted by molar-refractivity contribution is 6.14. The lowest BCUT2D eigenvalue weighted by atomic mass is 9.84. The van der Waals surface area contributed by atoms with E-state index in [4.69, 9.17) is 0 Å². The molecule has 0 saturated heterocycles. The Bertz CT molecular complexity index is 3690. The van der Waals surface area contributed by atoms with E-state index in [0.717, 1.165) is 89.8 Å². The van der Waals surface area contributed by atoms with Crippen LogP contribution in [0.4, 0.5) is 68.2 Å². The molecular weight excluding hydrogens is 945 g/mol. The lowest BCUT2D eigenvalue weighted by Gasteiger charge is -2.34. The molecule has 0 aliphatic rings. The summed E-state index contributed by atoms with van der Waals surface area (Å²) >= 11 is 0. The van der Waals surface area contributed by atoms with E-state index in [0.29, 0.717) is 0 Å². The van der Waals surface area contributed by atoms with Crippen LogP contribution >= 0.6 is 0 Å². The Hall–Kier alpha value is -9.38. The normalized spacial score (nSPS) is 11.7. The number of fused-ring (bicyclic) bond motifs is 3.